The number of nitrogens with one attached hydrogen (secondary N) is 1. The molecule has 1 aliphatic heterocycles. The van der Waals surface area contributed by atoms with Gasteiger partial charge in [-0.1, -0.05) is 6.07 Å². The van der Waals surface area contributed by atoms with Crippen molar-refractivity contribution < 1.29 is 9.90 Å². The molecule has 110 valence electrons. The normalized spacial score (nSPS) is 18.1. The lowest BCUT2D eigenvalue weighted by molar-refractivity contribution is -0.127. The number of phenols is 1. The minimum absolute atomic E-state index is 0.0981. The van der Waals surface area contributed by atoms with Crippen LogP contribution < -0.4 is 10.2 Å². The summed E-state index contributed by atoms with van der Waals surface area (Å²) in [5, 5.41) is 13.3. The maximum absolute atomic E-state index is 11.9. The lowest BCUT2D eigenvalue weighted by Gasteiger charge is -2.23. The van der Waals surface area contributed by atoms with Gasteiger partial charge >= 0.3 is 0 Å². The van der Waals surface area contributed by atoms with Crippen LogP contribution in [-0.2, 0) is 4.79 Å². The van der Waals surface area contributed by atoms with E-state index in [2.05, 4.69) is 5.32 Å². The highest BCUT2D eigenvalue weighted by atomic mass is 16.3. The Morgan fingerprint density at radius 3 is 2.75 bits per heavy atom. The molecule has 1 saturated heterocycles. The van der Waals surface area contributed by atoms with Crippen LogP contribution in [-0.4, -0.2) is 49.6 Å². The van der Waals surface area contributed by atoms with E-state index in [9.17, 15) is 9.90 Å². The van der Waals surface area contributed by atoms with E-state index in [0.29, 0.717) is 6.54 Å². The lowest BCUT2D eigenvalue weighted by Crippen LogP contribution is -2.34. The molecule has 0 aliphatic carbocycles. The summed E-state index contributed by atoms with van der Waals surface area (Å²) in [6, 6.07) is 5.75. The second-order valence-electron chi connectivity index (χ2n) is 5.34. The van der Waals surface area contributed by atoms with Gasteiger partial charge in [-0.3, -0.25) is 4.79 Å². The molecule has 1 fully saturated rings. The lowest BCUT2D eigenvalue weighted by atomic mass is 10.1. The smallest absolute Gasteiger partial charge is 0.241 e. The molecular weight excluding hydrogens is 254 g/mol. The molecule has 5 nitrogen and oxygen atoms in total. The number of nitrogens with zero attached hydrogens (tertiary/aromatic N) is 2. The first-order chi connectivity index (χ1) is 9.52. The molecule has 2 rings (SSSR count). The third-order valence-electron chi connectivity index (χ3n) is 3.95. The van der Waals surface area contributed by atoms with Gasteiger partial charge in [-0.25, -0.2) is 0 Å². The van der Waals surface area contributed by atoms with Crippen molar-refractivity contribution in [2.45, 2.75) is 19.4 Å². The molecule has 1 aliphatic rings. The Balaban J connectivity index is 2.20. The zero-order valence-corrected chi connectivity index (χ0v) is 12.4. The molecule has 1 aromatic rings. The summed E-state index contributed by atoms with van der Waals surface area (Å²) in [6.45, 7) is 3.99. The van der Waals surface area contributed by atoms with Crippen LogP contribution in [0.4, 0.5) is 5.69 Å². The van der Waals surface area contributed by atoms with Gasteiger partial charge < -0.3 is 20.2 Å². The fraction of sp³-hybridized carbons (Fsp3) is 0.533. The summed E-state index contributed by atoms with van der Waals surface area (Å²) in [6.07, 6.45) is 0.942. The van der Waals surface area contributed by atoms with Crippen LogP contribution in [0.5, 0.6) is 5.75 Å². The van der Waals surface area contributed by atoms with Crippen LogP contribution in [0, 0.1) is 0 Å². The number of phenolic OH excluding ortho intramolecular Hbond substituents is 1. The average Bonchev–Trinajstić information content (AvgIpc) is 2.60. The van der Waals surface area contributed by atoms with Crippen LogP contribution in [0.15, 0.2) is 18.2 Å². The van der Waals surface area contributed by atoms with Gasteiger partial charge in [0.25, 0.3) is 0 Å². The second-order valence-corrected chi connectivity index (χ2v) is 5.34. The summed E-state index contributed by atoms with van der Waals surface area (Å²) in [5.41, 5.74) is 1.77. The molecule has 2 N–H and O–H groups in total. The maximum Gasteiger partial charge on any atom is 0.241 e. The van der Waals surface area contributed by atoms with Gasteiger partial charge in [0.05, 0.1) is 6.54 Å². The molecule has 0 spiro atoms. The zero-order valence-electron chi connectivity index (χ0n) is 12.4. The monoisotopic (exact) mass is 277 g/mol. The molecule has 1 amide bonds. The number of carbonyl (C=O) groups is 1. The Morgan fingerprint density at radius 1 is 1.35 bits per heavy atom. The van der Waals surface area contributed by atoms with Crippen LogP contribution in [0.2, 0.25) is 0 Å². The molecule has 20 heavy (non-hydrogen) atoms. The summed E-state index contributed by atoms with van der Waals surface area (Å²) >= 11 is 0. The van der Waals surface area contributed by atoms with E-state index >= 15 is 0 Å². The van der Waals surface area contributed by atoms with Gasteiger partial charge in [-0.05, 0) is 26.5 Å². The van der Waals surface area contributed by atoms with Crippen LogP contribution >= 0.6 is 0 Å². The number of benzene rings is 1. The third kappa shape index (κ3) is 3.04. The van der Waals surface area contributed by atoms with Crippen molar-refractivity contribution in [3.05, 3.63) is 23.8 Å². The Bertz CT molecular complexity index is 490. The molecule has 0 aromatic heterocycles. The third-order valence-corrected chi connectivity index (χ3v) is 3.95. The fourth-order valence-corrected chi connectivity index (χ4v) is 2.46. The predicted molar refractivity (Wildman–Crippen MR) is 80.0 cm³/mol. The Morgan fingerprint density at radius 2 is 2.10 bits per heavy atom. The van der Waals surface area contributed by atoms with Crippen molar-refractivity contribution >= 4 is 11.6 Å². The molecule has 0 bridgehead atoms. The summed E-state index contributed by atoms with van der Waals surface area (Å²) in [5.74, 6) is 0.393. The topological polar surface area (TPSA) is 55.8 Å². The average molecular weight is 277 g/mol. The van der Waals surface area contributed by atoms with Crippen molar-refractivity contribution in [3.63, 3.8) is 0 Å². The number of hydrogen-bond acceptors (Lipinski definition) is 4. The van der Waals surface area contributed by atoms with Gasteiger partial charge in [0.1, 0.15) is 5.75 Å². The molecule has 0 radical (unpaired) electrons. The van der Waals surface area contributed by atoms with Crippen molar-refractivity contribution in [2.75, 3.05) is 38.6 Å². The molecule has 1 atom stereocenters. The molecule has 0 saturated carbocycles. The van der Waals surface area contributed by atoms with E-state index in [1.165, 1.54) is 0 Å². The molecular formula is C15H23N3O2. The Labute approximate surface area is 120 Å². The van der Waals surface area contributed by atoms with E-state index in [0.717, 1.165) is 30.8 Å². The highest BCUT2D eigenvalue weighted by molar-refractivity contribution is 5.81. The van der Waals surface area contributed by atoms with Crippen molar-refractivity contribution in [1.82, 2.24) is 10.2 Å². The number of anilines is 1. The van der Waals surface area contributed by atoms with Gasteiger partial charge in [0.2, 0.25) is 5.91 Å². The zero-order chi connectivity index (χ0) is 14.7. The highest BCUT2D eigenvalue weighted by Gasteiger charge is 2.20. The standard InChI is InChI=1S/C15H23N3O2/c1-11(16-2)13-6-5-12(9-14(13)19)18-8-4-7-17(3)15(20)10-18/h5-6,9,11,16,19H,4,7-8,10H2,1-3H3. The van der Waals surface area contributed by atoms with Gasteiger partial charge in [-0.15, -0.1) is 0 Å². The van der Waals surface area contributed by atoms with Crippen LogP contribution in [0.25, 0.3) is 0 Å². The number of hydrogen-bond donors (Lipinski definition) is 2. The molecule has 1 aromatic carbocycles. The predicted octanol–water partition coefficient (Wildman–Crippen LogP) is 1.34. The molecule has 1 unspecified atom stereocenters. The number of amides is 1. The van der Waals surface area contributed by atoms with Crippen molar-refractivity contribution in [2.24, 2.45) is 0 Å². The van der Waals surface area contributed by atoms with E-state index in [4.69, 9.17) is 0 Å². The minimum atomic E-state index is 0.0981. The summed E-state index contributed by atoms with van der Waals surface area (Å²) < 4.78 is 0. The van der Waals surface area contributed by atoms with Gasteiger partial charge in [0, 0.05) is 43.5 Å². The summed E-state index contributed by atoms with van der Waals surface area (Å²) in [4.78, 5) is 15.7. The first-order valence-electron chi connectivity index (χ1n) is 7.02. The highest BCUT2D eigenvalue weighted by Crippen LogP contribution is 2.29. The first-order valence-corrected chi connectivity index (χ1v) is 7.02. The SMILES string of the molecule is CNC(C)c1ccc(N2CCCN(C)C(=O)C2)cc1O. The summed E-state index contributed by atoms with van der Waals surface area (Å²) in [7, 11) is 3.70. The number of likely N-dealkylation sites (N-methyl/N-ethyl adjacent to an activating group) is 1. The first kappa shape index (κ1) is 14.7. The maximum atomic E-state index is 11.9. The minimum Gasteiger partial charge on any atom is -0.508 e. The fourth-order valence-electron chi connectivity index (χ4n) is 2.46. The van der Waals surface area contributed by atoms with E-state index in [-0.39, 0.29) is 17.7 Å². The van der Waals surface area contributed by atoms with Gasteiger partial charge in [-0.2, -0.15) is 0 Å². The van der Waals surface area contributed by atoms with Gasteiger partial charge in [0.15, 0.2) is 0 Å². The van der Waals surface area contributed by atoms with E-state index in [1.807, 2.05) is 38.1 Å². The number of aromatic hydroxyl groups is 1. The van der Waals surface area contributed by atoms with Crippen LogP contribution in [0.3, 0.4) is 0 Å². The largest absolute Gasteiger partial charge is 0.508 e. The Hall–Kier alpha value is -1.75. The second kappa shape index (κ2) is 6.13. The van der Waals surface area contributed by atoms with E-state index in [1.54, 1.807) is 11.0 Å². The number of carbonyl (C=O) groups excluding carboxylic acids is 1. The Kier molecular flexibility index (Phi) is 4.49. The van der Waals surface area contributed by atoms with Crippen molar-refractivity contribution in [1.29, 1.82) is 0 Å². The number of rotatable bonds is 3. The molecule has 5 heteroatoms. The van der Waals surface area contributed by atoms with Crippen LogP contribution in [0.1, 0.15) is 24.9 Å². The molecule has 1 heterocycles. The quantitative estimate of drug-likeness (QED) is 0.875. The van der Waals surface area contributed by atoms with E-state index < -0.39 is 0 Å². The van der Waals surface area contributed by atoms with Crippen molar-refractivity contribution in [3.8, 4) is 5.75 Å².